The van der Waals surface area contributed by atoms with Crippen molar-refractivity contribution in [2.24, 2.45) is 0 Å². The van der Waals surface area contributed by atoms with Gasteiger partial charge >= 0.3 is 0 Å². The third kappa shape index (κ3) is 4.73. The van der Waals surface area contributed by atoms with E-state index in [4.69, 9.17) is 0 Å². The highest BCUT2D eigenvalue weighted by atomic mass is 16.1. The summed E-state index contributed by atoms with van der Waals surface area (Å²) in [4.78, 5) is 19.5. The molecule has 1 amide bonds. The van der Waals surface area contributed by atoms with Crippen molar-refractivity contribution in [3.05, 3.63) is 77.9 Å². The number of anilines is 2. The molecule has 0 radical (unpaired) electrons. The molecule has 1 saturated heterocycles. The molecule has 0 spiro atoms. The highest BCUT2D eigenvalue weighted by molar-refractivity contribution is 5.94. The fraction of sp³-hybridized carbons (Fsp3) is 0.269. The van der Waals surface area contributed by atoms with Crippen LogP contribution in [0.15, 0.2) is 66.7 Å². The lowest BCUT2D eigenvalue weighted by Gasteiger charge is -2.29. The van der Waals surface area contributed by atoms with Gasteiger partial charge in [0, 0.05) is 22.9 Å². The summed E-state index contributed by atoms with van der Waals surface area (Å²) in [5.74, 6) is 0.489. The number of pyridine rings is 1. The molecule has 0 bridgehead atoms. The fourth-order valence-electron chi connectivity index (χ4n) is 4.24. The van der Waals surface area contributed by atoms with E-state index in [-0.39, 0.29) is 11.9 Å². The molecule has 2 aromatic heterocycles. The zero-order valence-electron chi connectivity index (χ0n) is 19.0. The van der Waals surface area contributed by atoms with Crippen LogP contribution in [0.2, 0.25) is 0 Å². The molecule has 4 aromatic rings. The molecule has 1 fully saturated rings. The molecule has 0 aliphatic carbocycles. The molecule has 2 aromatic carbocycles. The number of fused-ring (bicyclic) bond motifs is 1. The van der Waals surface area contributed by atoms with Crippen molar-refractivity contribution in [3.63, 3.8) is 0 Å². The summed E-state index contributed by atoms with van der Waals surface area (Å²) in [6, 6.07) is 22.0. The first-order valence-electron chi connectivity index (χ1n) is 11.3. The lowest BCUT2D eigenvalue weighted by molar-refractivity contribution is 0.0917. The van der Waals surface area contributed by atoms with E-state index in [1.54, 1.807) is 0 Å². The number of nitrogens with one attached hydrogen (secondary N) is 2. The number of nitrogens with zero attached hydrogens (tertiary/aromatic N) is 4. The van der Waals surface area contributed by atoms with Gasteiger partial charge in [-0.25, -0.2) is 4.52 Å². The summed E-state index contributed by atoms with van der Waals surface area (Å²) in [5, 5.41) is 11.1. The van der Waals surface area contributed by atoms with E-state index in [0.29, 0.717) is 11.5 Å². The van der Waals surface area contributed by atoms with Gasteiger partial charge in [0.15, 0.2) is 5.65 Å². The number of piperidine rings is 1. The van der Waals surface area contributed by atoms with Gasteiger partial charge in [0.05, 0.1) is 5.69 Å². The predicted molar refractivity (Wildman–Crippen MR) is 131 cm³/mol. The van der Waals surface area contributed by atoms with Gasteiger partial charge in [0.25, 0.3) is 5.91 Å². The van der Waals surface area contributed by atoms with Crippen LogP contribution in [-0.2, 0) is 0 Å². The molecule has 5 rings (SSSR count). The van der Waals surface area contributed by atoms with Crippen LogP contribution in [0.5, 0.6) is 0 Å². The molecule has 168 valence electrons. The number of rotatable bonds is 5. The van der Waals surface area contributed by atoms with Gasteiger partial charge < -0.3 is 15.5 Å². The Morgan fingerprint density at radius 3 is 2.52 bits per heavy atom. The minimum Gasteiger partial charge on any atom is -0.349 e. The van der Waals surface area contributed by atoms with E-state index in [1.807, 2.05) is 53.0 Å². The molecule has 0 unspecified atom stereocenters. The second-order valence-electron chi connectivity index (χ2n) is 8.74. The van der Waals surface area contributed by atoms with E-state index in [2.05, 4.69) is 57.8 Å². The number of hydrogen-bond acceptors (Lipinski definition) is 5. The molecule has 0 atom stereocenters. The Morgan fingerprint density at radius 2 is 1.76 bits per heavy atom. The Hall–Kier alpha value is -3.71. The molecular weight excluding hydrogens is 412 g/mol. The molecule has 33 heavy (non-hydrogen) atoms. The fourth-order valence-corrected chi connectivity index (χ4v) is 4.24. The van der Waals surface area contributed by atoms with Crippen molar-refractivity contribution in [1.82, 2.24) is 24.8 Å². The van der Waals surface area contributed by atoms with E-state index >= 15 is 0 Å². The summed E-state index contributed by atoms with van der Waals surface area (Å²) in [6.45, 7) is 4.12. The molecule has 2 N–H and O–H groups in total. The summed E-state index contributed by atoms with van der Waals surface area (Å²) in [7, 11) is 2.12. The summed E-state index contributed by atoms with van der Waals surface area (Å²) in [5.41, 5.74) is 5.53. The minimum atomic E-state index is -0.0234. The SMILES string of the molecule is Cc1cccc(-c2cccc3nc(Nc4ccc(C(=O)NC5CCN(C)CC5)cc4)nn23)c1. The molecule has 3 heterocycles. The zero-order chi connectivity index (χ0) is 22.8. The molecule has 1 aliphatic heterocycles. The monoisotopic (exact) mass is 440 g/mol. The number of hydrogen-bond donors (Lipinski definition) is 2. The maximum absolute atomic E-state index is 12.6. The van der Waals surface area contributed by atoms with Gasteiger partial charge in [-0.1, -0.05) is 29.8 Å². The molecular formula is C26H28N6O. The van der Waals surface area contributed by atoms with Crippen LogP contribution in [0.1, 0.15) is 28.8 Å². The van der Waals surface area contributed by atoms with Crippen LogP contribution in [-0.4, -0.2) is 51.6 Å². The summed E-state index contributed by atoms with van der Waals surface area (Å²) >= 11 is 0. The highest BCUT2D eigenvalue weighted by Gasteiger charge is 2.19. The first-order valence-corrected chi connectivity index (χ1v) is 11.3. The van der Waals surface area contributed by atoms with Crippen molar-refractivity contribution in [3.8, 4) is 11.3 Å². The van der Waals surface area contributed by atoms with Crippen molar-refractivity contribution >= 4 is 23.2 Å². The molecule has 7 heteroatoms. The van der Waals surface area contributed by atoms with Crippen molar-refractivity contribution < 1.29 is 4.79 Å². The number of carbonyl (C=O) groups is 1. The van der Waals surface area contributed by atoms with Crippen LogP contribution in [0.4, 0.5) is 11.6 Å². The van der Waals surface area contributed by atoms with Gasteiger partial charge in [-0.2, -0.15) is 4.98 Å². The first-order chi connectivity index (χ1) is 16.0. The second-order valence-corrected chi connectivity index (χ2v) is 8.74. The lowest BCUT2D eigenvalue weighted by Crippen LogP contribution is -2.43. The summed E-state index contributed by atoms with van der Waals surface area (Å²) in [6.07, 6.45) is 1.98. The predicted octanol–water partition coefficient (Wildman–Crippen LogP) is 4.27. The third-order valence-corrected chi connectivity index (χ3v) is 6.13. The lowest BCUT2D eigenvalue weighted by atomic mass is 10.0. The largest absolute Gasteiger partial charge is 0.349 e. The normalized spacial score (nSPS) is 15.0. The van der Waals surface area contributed by atoms with Crippen LogP contribution < -0.4 is 10.6 Å². The number of carbonyl (C=O) groups excluding carboxylic acids is 1. The summed E-state index contributed by atoms with van der Waals surface area (Å²) < 4.78 is 1.85. The van der Waals surface area contributed by atoms with Crippen molar-refractivity contribution in [1.29, 1.82) is 0 Å². The molecule has 7 nitrogen and oxygen atoms in total. The second kappa shape index (κ2) is 9.03. The van der Waals surface area contributed by atoms with Crippen molar-refractivity contribution in [2.75, 3.05) is 25.5 Å². The van der Waals surface area contributed by atoms with Crippen LogP contribution in [0.3, 0.4) is 0 Å². The van der Waals surface area contributed by atoms with E-state index in [1.165, 1.54) is 5.56 Å². The maximum atomic E-state index is 12.6. The quantitative estimate of drug-likeness (QED) is 0.485. The Morgan fingerprint density at radius 1 is 1.00 bits per heavy atom. The average molecular weight is 441 g/mol. The highest BCUT2D eigenvalue weighted by Crippen LogP contribution is 2.23. The van der Waals surface area contributed by atoms with E-state index in [0.717, 1.165) is 48.5 Å². The Balaban J connectivity index is 1.30. The smallest absolute Gasteiger partial charge is 0.251 e. The topological polar surface area (TPSA) is 74.6 Å². The number of aromatic nitrogens is 3. The number of amides is 1. The number of likely N-dealkylation sites (tertiary alicyclic amines) is 1. The Bertz CT molecular complexity index is 1270. The Labute approximate surface area is 193 Å². The first kappa shape index (κ1) is 21.2. The van der Waals surface area contributed by atoms with E-state index in [9.17, 15) is 4.79 Å². The van der Waals surface area contributed by atoms with Crippen LogP contribution in [0.25, 0.3) is 16.9 Å². The standard InChI is InChI=1S/C26H28N6O/c1-18-5-3-6-20(17-18)23-7-4-8-24-29-26(30-32(23)24)28-21-11-9-19(10-12-21)25(33)27-22-13-15-31(2)16-14-22/h3-12,17,22H,13-16H2,1-2H3,(H,27,33)(H,28,30). The van der Waals surface area contributed by atoms with Gasteiger partial charge in [-0.05, 0) is 82.4 Å². The Kier molecular flexibility index (Phi) is 5.79. The third-order valence-electron chi connectivity index (χ3n) is 6.13. The van der Waals surface area contributed by atoms with Crippen LogP contribution >= 0.6 is 0 Å². The molecule has 1 aliphatic rings. The van der Waals surface area contributed by atoms with Gasteiger partial charge in [0.2, 0.25) is 5.95 Å². The maximum Gasteiger partial charge on any atom is 0.251 e. The van der Waals surface area contributed by atoms with E-state index < -0.39 is 0 Å². The van der Waals surface area contributed by atoms with Gasteiger partial charge in [0.1, 0.15) is 0 Å². The zero-order valence-corrected chi connectivity index (χ0v) is 19.0. The minimum absolute atomic E-state index is 0.0234. The van der Waals surface area contributed by atoms with Crippen molar-refractivity contribution in [2.45, 2.75) is 25.8 Å². The van der Waals surface area contributed by atoms with Crippen LogP contribution in [0, 0.1) is 6.92 Å². The number of aryl methyl sites for hydroxylation is 1. The number of benzene rings is 2. The molecule has 0 saturated carbocycles. The van der Waals surface area contributed by atoms with Gasteiger partial charge in [-0.15, -0.1) is 5.10 Å². The van der Waals surface area contributed by atoms with Gasteiger partial charge in [-0.3, -0.25) is 4.79 Å². The average Bonchev–Trinajstić information content (AvgIpc) is 3.23.